The van der Waals surface area contributed by atoms with Crippen molar-refractivity contribution >= 4 is 35.3 Å². The Hall–Kier alpha value is -4.20. The molecule has 1 aliphatic heterocycles. The van der Waals surface area contributed by atoms with Crippen LogP contribution in [0.5, 0.6) is 0 Å². The van der Waals surface area contributed by atoms with Gasteiger partial charge in [-0.3, -0.25) is 14.9 Å². The molecule has 2 aromatic carbocycles. The number of nitrogens with one attached hydrogen (secondary N) is 1. The van der Waals surface area contributed by atoms with Crippen LogP contribution in [0.15, 0.2) is 72.4 Å². The highest BCUT2D eigenvalue weighted by Gasteiger charge is 2.38. The summed E-state index contributed by atoms with van der Waals surface area (Å²) in [5.41, 5.74) is 1.91. The van der Waals surface area contributed by atoms with Crippen molar-refractivity contribution in [3.63, 3.8) is 0 Å². The monoisotopic (exact) mass is 418 g/mol. The Morgan fingerprint density at radius 3 is 2.32 bits per heavy atom. The Morgan fingerprint density at radius 1 is 0.935 bits per heavy atom. The van der Waals surface area contributed by atoms with Gasteiger partial charge in [-0.15, -0.1) is 0 Å². The van der Waals surface area contributed by atoms with E-state index in [2.05, 4.69) is 5.32 Å². The molecule has 0 aliphatic carbocycles. The molecule has 0 atom stereocenters. The minimum Gasteiger partial charge on any atom is -0.378 e. The van der Waals surface area contributed by atoms with Gasteiger partial charge < -0.3 is 9.47 Å². The maximum atomic E-state index is 14.2. The molecule has 1 fully saturated rings. The number of hydrogen-bond acceptors (Lipinski definition) is 4. The quantitative estimate of drug-likeness (QED) is 0.521. The first kappa shape index (κ1) is 20.1. The second-order valence-corrected chi connectivity index (χ2v) is 7.12. The second-order valence-electron chi connectivity index (χ2n) is 7.12. The fourth-order valence-corrected chi connectivity index (χ4v) is 3.32. The fourth-order valence-electron chi connectivity index (χ4n) is 3.32. The van der Waals surface area contributed by atoms with E-state index in [4.69, 9.17) is 0 Å². The Kier molecular flexibility index (Phi) is 5.12. The fraction of sp³-hybridized carbons (Fsp3) is 0.0870. The highest BCUT2D eigenvalue weighted by Crippen LogP contribution is 2.25. The molecule has 0 unspecified atom stereocenters. The van der Waals surface area contributed by atoms with E-state index >= 15 is 0 Å². The minimum atomic E-state index is -0.994. The van der Waals surface area contributed by atoms with Crippen molar-refractivity contribution in [2.24, 2.45) is 0 Å². The number of anilines is 2. The van der Waals surface area contributed by atoms with Crippen molar-refractivity contribution in [3.05, 3.63) is 83.9 Å². The maximum Gasteiger partial charge on any atom is 0.336 e. The zero-order chi connectivity index (χ0) is 22.1. The number of urea groups is 1. The average molecular weight is 418 g/mol. The van der Waals surface area contributed by atoms with Crippen molar-refractivity contribution in [2.75, 3.05) is 23.9 Å². The number of halogens is 1. The Morgan fingerprint density at radius 2 is 1.65 bits per heavy atom. The molecule has 1 saturated heterocycles. The number of nitrogens with zero attached hydrogens (tertiary/aromatic N) is 3. The average Bonchev–Trinajstić information content (AvgIpc) is 3.20. The van der Waals surface area contributed by atoms with E-state index in [0.29, 0.717) is 10.6 Å². The summed E-state index contributed by atoms with van der Waals surface area (Å²) >= 11 is 0. The van der Waals surface area contributed by atoms with E-state index in [-0.39, 0.29) is 11.3 Å². The van der Waals surface area contributed by atoms with E-state index in [1.807, 2.05) is 43.3 Å². The number of imide groups is 2. The zero-order valence-electron chi connectivity index (χ0n) is 16.9. The van der Waals surface area contributed by atoms with Gasteiger partial charge >= 0.3 is 6.03 Å². The molecule has 156 valence electrons. The number of barbiturate groups is 1. The lowest BCUT2D eigenvalue weighted by atomic mass is 10.1. The molecular weight excluding hydrogens is 399 g/mol. The molecule has 3 aromatic rings. The number of rotatable bonds is 4. The predicted molar refractivity (Wildman–Crippen MR) is 115 cm³/mol. The Balaban J connectivity index is 1.73. The first-order chi connectivity index (χ1) is 14.9. The van der Waals surface area contributed by atoms with E-state index in [9.17, 15) is 18.8 Å². The summed E-state index contributed by atoms with van der Waals surface area (Å²) in [5, 5.41) is 2.10. The summed E-state index contributed by atoms with van der Waals surface area (Å²) in [7, 11) is 3.88. The molecule has 7 nitrogen and oxygen atoms in total. The SMILES string of the molecule is CN(C)c1ccc(-n2cccc2/C=C2\C(=O)NC(=O)N(c3ccccc3F)C2=O)cc1. The van der Waals surface area contributed by atoms with E-state index in [0.717, 1.165) is 17.4 Å². The van der Waals surface area contributed by atoms with Crippen LogP contribution in [0.3, 0.4) is 0 Å². The summed E-state index contributed by atoms with van der Waals surface area (Å²) in [5.74, 6) is -2.48. The van der Waals surface area contributed by atoms with Crippen molar-refractivity contribution in [1.82, 2.24) is 9.88 Å². The second kappa shape index (κ2) is 7.91. The molecule has 2 heterocycles. The first-order valence-electron chi connectivity index (χ1n) is 9.48. The largest absolute Gasteiger partial charge is 0.378 e. The van der Waals surface area contributed by atoms with Crippen LogP contribution in [0.1, 0.15) is 5.69 Å². The topological polar surface area (TPSA) is 74.7 Å². The van der Waals surface area contributed by atoms with Gasteiger partial charge in [0.1, 0.15) is 11.4 Å². The molecule has 0 radical (unpaired) electrons. The highest BCUT2D eigenvalue weighted by molar-refractivity contribution is 6.39. The van der Waals surface area contributed by atoms with Gasteiger partial charge in [-0.05, 0) is 54.6 Å². The number of aromatic nitrogens is 1. The molecule has 31 heavy (non-hydrogen) atoms. The molecule has 8 heteroatoms. The third-order valence-corrected chi connectivity index (χ3v) is 4.91. The van der Waals surface area contributed by atoms with Gasteiger partial charge in [0.2, 0.25) is 0 Å². The number of carbonyl (C=O) groups is 3. The van der Waals surface area contributed by atoms with Crippen LogP contribution in [0.25, 0.3) is 11.8 Å². The molecule has 1 N–H and O–H groups in total. The summed E-state index contributed by atoms with van der Waals surface area (Å²) in [6, 6.07) is 15.6. The van der Waals surface area contributed by atoms with Crippen molar-refractivity contribution < 1.29 is 18.8 Å². The molecule has 1 aromatic heterocycles. The Labute approximate surface area is 178 Å². The predicted octanol–water partition coefficient (Wildman–Crippen LogP) is 3.35. The van der Waals surface area contributed by atoms with Crippen LogP contribution in [0.2, 0.25) is 0 Å². The molecule has 0 spiro atoms. The van der Waals surface area contributed by atoms with Gasteiger partial charge in [0.15, 0.2) is 0 Å². The minimum absolute atomic E-state index is 0.224. The van der Waals surface area contributed by atoms with Gasteiger partial charge in [0.25, 0.3) is 11.8 Å². The number of hydrogen-bond donors (Lipinski definition) is 1. The lowest BCUT2D eigenvalue weighted by Gasteiger charge is -2.26. The molecular formula is C23H19FN4O3. The van der Waals surface area contributed by atoms with Gasteiger partial charge in [0, 0.05) is 37.4 Å². The van der Waals surface area contributed by atoms with Crippen molar-refractivity contribution in [2.45, 2.75) is 0 Å². The van der Waals surface area contributed by atoms with Gasteiger partial charge in [-0.2, -0.15) is 0 Å². The summed E-state index contributed by atoms with van der Waals surface area (Å²) in [6.45, 7) is 0. The zero-order valence-corrected chi connectivity index (χ0v) is 16.9. The van der Waals surface area contributed by atoms with Crippen LogP contribution in [-0.2, 0) is 9.59 Å². The van der Waals surface area contributed by atoms with E-state index in [1.54, 1.807) is 22.9 Å². The van der Waals surface area contributed by atoms with Crippen LogP contribution < -0.4 is 15.1 Å². The third kappa shape index (κ3) is 3.71. The van der Waals surface area contributed by atoms with Gasteiger partial charge in [0.05, 0.1) is 5.69 Å². The van der Waals surface area contributed by atoms with Crippen molar-refractivity contribution in [1.29, 1.82) is 0 Å². The van der Waals surface area contributed by atoms with Crippen LogP contribution in [0, 0.1) is 5.82 Å². The van der Waals surface area contributed by atoms with Crippen LogP contribution >= 0.6 is 0 Å². The first-order valence-corrected chi connectivity index (χ1v) is 9.48. The van der Waals surface area contributed by atoms with E-state index < -0.39 is 23.7 Å². The summed E-state index contributed by atoms with van der Waals surface area (Å²) < 4.78 is 16.0. The van der Waals surface area contributed by atoms with Gasteiger partial charge in [-0.1, -0.05) is 12.1 Å². The number of amides is 4. The normalized spacial score (nSPS) is 15.4. The molecule has 1 aliphatic rings. The standard InChI is InChI=1S/C23H19FN4O3/c1-26(2)15-9-11-16(12-10-15)27-13-5-6-17(27)14-18-21(29)25-23(31)28(22(18)30)20-8-4-3-7-19(20)24/h3-14H,1-2H3,(H,25,29,31)/b18-14+. The summed E-state index contributed by atoms with van der Waals surface area (Å²) in [6.07, 6.45) is 3.18. The molecule has 0 saturated carbocycles. The Bertz CT molecular complexity index is 1210. The lowest BCUT2D eigenvalue weighted by molar-refractivity contribution is -0.122. The van der Waals surface area contributed by atoms with E-state index in [1.165, 1.54) is 24.3 Å². The molecule has 0 bridgehead atoms. The van der Waals surface area contributed by atoms with Gasteiger partial charge in [-0.25, -0.2) is 14.1 Å². The highest BCUT2D eigenvalue weighted by atomic mass is 19.1. The number of carbonyl (C=O) groups excluding carboxylic acids is 3. The smallest absolute Gasteiger partial charge is 0.336 e. The van der Waals surface area contributed by atoms with Crippen LogP contribution in [0.4, 0.5) is 20.6 Å². The lowest BCUT2D eigenvalue weighted by Crippen LogP contribution is -2.54. The maximum absolute atomic E-state index is 14.2. The summed E-state index contributed by atoms with van der Waals surface area (Å²) in [4.78, 5) is 40.3. The molecule has 4 amide bonds. The van der Waals surface area contributed by atoms with Crippen LogP contribution in [-0.4, -0.2) is 36.5 Å². The van der Waals surface area contributed by atoms with Crippen molar-refractivity contribution in [3.8, 4) is 5.69 Å². The number of benzene rings is 2. The number of para-hydroxylation sites is 1. The third-order valence-electron chi connectivity index (χ3n) is 4.91. The molecule has 4 rings (SSSR count).